The molecule has 1 saturated carbocycles. The molecule has 0 unspecified atom stereocenters. The lowest BCUT2D eigenvalue weighted by Gasteiger charge is -2.21. The van der Waals surface area contributed by atoms with Gasteiger partial charge in [-0.15, -0.1) is 0 Å². The molecular formula is C13H17NO3. The predicted octanol–water partition coefficient (Wildman–Crippen LogP) is 1.95. The van der Waals surface area contributed by atoms with Crippen molar-refractivity contribution in [1.29, 1.82) is 0 Å². The van der Waals surface area contributed by atoms with Gasteiger partial charge < -0.3 is 9.73 Å². The first-order valence-electron chi connectivity index (χ1n) is 6.13. The van der Waals surface area contributed by atoms with Crippen LogP contribution >= 0.6 is 0 Å². The summed E-state index contributed by atoms with van der Waals surface area (Å²) in [5.74, 6) is 0.433. The molecule has 0 bridgehead atoms. The summed E-state index contributed by atoms with van der Waals surface area (Å²) in [4.78, 5) is 22.5. The van der Waals surface area contributed by atoms with Gasteiger partial charge in [0.15, 0.2) is 0 Å². The molecule has 0 aromatic carbocycles. The van der Waals surface area contributed by atoms with Crippen LogP contribution in [0, 0.1) is 5.92 Å². The Morgan fingerprint density at radius 2 is 2.06 bits per heavy atom. The smallest absolute Gasteiger partial charge is 0.335 e. The van der Waals surface area contributed by atoms with Crippen LogP contribution in [0.3, 0.4) is 0 Å². The zero-order valence-corrected chi connectivity index (χ0v) is 9.78. The van der Waals surface area contributed by atoms with E-state index in [2.05, 4.69) is 9.73 Å². The summed E-state index contributed by atoms with van der Waals surface area (Å²) in [6, 6.07) is 2.75. The van der Waals surface area contributed by atoms with Crippen LogP contribution in [0.5, 0.6) is 0 Å². The molecule has 0 atom stereocenters. The van der Waals surface area contributed by atoms with Crippen LogP contribution < -0.4 is 10.9 Å². The lowest BCUT2D eigenvalue weighted by Crippen LogP contribution is -2.30. The van der Waals surface area contributed by atoms with Crippen LogP contribution in [0.4, 0.5) is 0 Å². The molecule has 0 aliphatic heterocycles. The highest BCUT2D eigenvalue weighted by molar-refractivity contribution is 5.93. The summed E-state index contributed by atoms with van der Waals surface area (Å²) in [7, 11) is 0. The zero-order chi connectivity index (χ0) is 12.1. The Morgan fingerprint density at radius 1 is 1.29 bits per heavy atom. The first-order chi connectivity index (χ1) is 8.25. The lowest BCUT2D eigenvalue weighted by atomic mass is 9.89. The Morgan fingerprint density at radius 3 is 2.71 bits per heavy atom. The quantitative estimate of drug-likeness (QED) is 0.871. The van der Waals surface area contributed by atoms with Gasteiger partial charge in [0, 0.05) is 12.6 Å². The molecule has 17 heavy (non-hydrogen) atoms. The third-order valence-corrected chi connectivity index (χ3v) is 3.24. The summed E-state index contributed by atoms with van der Waals surface area (Å²) < 4.78 is 4.65. The Labute approximate surface area is 100 Å². The van der Waals surface area contributed by atoms with Gasteiger partial charge in [-0.05, 0) is 24.8 Å². The van der Waals surface area contributed by atoms with Crippen molar-refractivity contribution in [3.05, 3.63) is 34.4 Å². The number of carbonyl (C=O) groups is 1. The van der Waals surface area contributed by atoms with E-state index >= 15 is 0 Å². The third kappa shape index (κ3) is 3.44. The van der Waals surface area contributed by atoms with Crippen molar-refractivity contribution in [2.75, 3.05) is 6.54 Å². The molecule has 92 valence electrons. The summed E-state index contributed by atoms with van der Waals surface area (Å²) in [5.41, 5.74) is -0.0331. The minimum atomic E-state index is -0.436. The molecule has 2 rings (SSSR count). The highest BCUT2D eigenvalue weighted by Crippen LogP contribution is 2.22. The van der Waals surface area contributed by atoms with Gasteiger partial charge in [-0.1, -0.05) is 19.3 Å². The molecule has 1 aromatic heterocycles. The Balaban J connectivity index is 1.84. The summed E-state index contributed by atoms with van der Waals surface area (Å²) >= 11 is 0. The first-order valence-corrected chi connectivity index (χ1v) is 6.13. The van der Waals surface area contributed by atoms with E-state index in [0.717, 1.165) is 6.54 Å². The van der Waals surface area contributed by atoms with E-state index in [4.69, 9.17) is 0 Å². The van der Waals surface area contributed by atoms with Crippen LogP contribution in [-0.4, -0.2) is 12.5 Å². The average molecular weight is 235 g/mol. The fraction of sp³-hybridized carbons (Fsp3) is 0.538. The van der Waals surface area contributed by atoms with Crippen molar-refractivity contribution >= 4 is 5.91 Å². The molecule has 0 spiro atoms. The normalized spacial score (nSPS) is 16.7. The van der Waals surface area contributed by atoms with Crippen molar-refractivity contribution in [1.82, 2.24) is 5.32 Å². The summed E-state index contributed by atoms with van der Waals surface area (Å²) in [6.07, 6.45) is 7.45. The van der Waals surface area contributed by atoms with Crippen LogP contribution in [0.1, 0.15) is 42.5 Å². The Bertz CT molecular complexity index is 412. The van der Waals surface area contributed by atoms with Gasteiger partial charge in [-0.25, -0.2) is 4.79 Å². The highest BCUT2D eigenvalue weighted by atomic mass is 16.4. The molecule has 1 N–H and O–H groups in total. The second-order valence-corrected chi connectivity index (χ2v) is 4.56. The topological polar surface area (TPSA) is 59.3 Å². The molecule has 1 fully saturated rings. The van der Waals surface area contributed by atoms with Crippen molar-refractivity contribution < 1.29 is 9.21 Å². The molecule has 1 amide bonds. The number of carbonyl (C=O) groups excluding carboxylic acids is 1. The minimum absolute atomic E-state index is 0.167. The summed E-state index contributed by atoms with van der Waals surface area (Å²) in [5, 5.41) is 2.89. The molecule has 0 saturated heterocycles. The van der Waals surface area contributed by atoms with E-state index in [9.17, 15) is 9.59 Å². The van der Waals surface area contributed by atoms with Crippen molar-refractivity contribution in [3.63, 3.8) is 0 Å². The number of hydrogen-bond acceptors (Lipinski definition) is 3. The zero-order valence-electron chi connectivity index (χ0n) is 9.78. The third-order valence-electron chi connectivity index (χ3n) is 3.24. The van der Waals surface area contributed by atoms with Crippen LogP contribution in [-0.2, 0) is 0 Å². The highest BCUT2D eigenvalue weighted by Gasteiger charge is 2.14. The average Bonchev–Trinajstić information content (AvgIpc) is 2.38. The van der Waals surface area contributed by atoms with Crippen LogP contribution in [0.2, 0.25) is 0 Å². The van der Waals surface area contributed by atoms with E-state index in [1.165, 1.54) is 50.5 Å². The van der Waals surface area contributed by atoms with Gasteiger partial charge in [0.2, 0.25) is 0 Å². The van der Waals surface area contributed by atoms with Gasteiger partial charge in [0.05, 0.1) is 5.56 Å². The molecule has 1 aliphatic rings. The van der Waals surface area contributed by atoms with E-state index in [1.807, 2.05) is 0 Å². The van der Waals surface area contributed by atoms with Gasteiger partial charge >= 0.3 is 5.63 Å². The molecule has 1 aliphatic carbocycles. The van der Waals surface area contributed by atoms with E-state index in [1.54, 1.807) is 0 Å². The molecule has 4 nitrogen and oxygen atoms in total. The van der Waals surface area contributed by atoms with E-state index < -0.39 is 5.63 Å². The maximum atomic E-state index is 11.7. The lowest BCUT2D eigenvalue weighted by molar-refractivity contribution is 0.0941. The second kappa shape index (κ2) is 5.66. The van der Waals surface area contributed by atoms with Gasteiger partial charge in [-0.3, -0.25) is 4.79 Å². The molecule has 4 heteroatoms. The van der Waals surface area contributed by atoms with Gasteiger partial charge in [-0.2, -0.15) is 0 Å². The number of hydrogen-bond donors (Lipinski definition) is 1. The Kier molecular flexibility index (Phi) is 3.96. The van der Waals surface area contributed by atoms with E-state index in [0.29, 0.717) is 11.5 Å². The summed E-state index contributed by atoms with van der Waals surface area (Å²) in [6.45, 7) is 0.720. The van der Waals surface area contributed by atoms with Crippen molar-refractivity contribution in [2.45, 2.75) is 32.1 Å². The van der Waals surface area contributed by atoms with Crippen LogP contribution in [0.25, 0.3) is 0 Å². The number of rotatable bonds is 3. The number of amides is 1. The SMILES string of the molecule is O=C(NCC1CCCCC1)c1ccc(=O)oc1. The maximum absolute atomic E-state index is 11.7. The minimum Gasteiger partial charge on any atom is -0.430 e. The maximum Gasteiger partial charge on any atom is 0.335 e. The fourth-order valence-corrected chi connectivity index (χ4v) is 2.22. The van der Waals surface area contributed by atoms with Gasteiger partial charge in [0.1, 0.15) is 6.26 Å². The monoisotopic (exact) mass is 235 g/mol. The molecule has 0 radical (unpaired) electrons. The van der Waals surface area contributed by atoms with Crippen molar-refractivity contribution in [2.24, 2.45) is 5.92 Å². The van der Waals surface area contributed by atoms with E-state index in [-0.39, 0.29) is 5.91 Å². The first kappa shape index (κ1) is 11.9. The van der Waals surface area contributed by atoms with Crippen molar-refractivity contribution in [3.8, 4) is 0 Å². The number of nitrogens with one attached hydrogen (secondary N) is 1. The molecule has 1 heterocycles. The fourth-order valence-electron chi connectivity index (χ4n) is 2.22. The molecular weight excluding hydrogens is 218 g/mol. The molecule has 1 aromatic rings. The Hall–Kier alpha value is -1.58. The standard InChI is InChI=1S/C13H17NO3/c15-12-7-6-11(9-17-12)13(16)14-8-10-4-2-1-3-5-10/h6-7,9-10H,1-5,8H2,(H,14,16). The van der Waals surface area contributed by atoms with Crippen LogP contribution in [0.15, 0.2) is 27.6 Å². The second-order valence-electron chi connectivity index (χ2n) is 4.56. The largest absolute Gasteiger partial charge is 0.430 e. The predicted molar refractivity (Wildman–Crippen MR) is 63.9 cm³/mol. The van der Waals surface area contributed by atoms with Gasteiger partial charge in [0.25, 0.3) is 5.91 Å².